The second-order valence-corrected chi connectivity index (χ2v) is 3.27. The van der Waals surface area contributed by atoms with Gasteiger partial charge < -0.3 is 16.2 Å². The third kappa shape index (κ3) is 3.10. The number of aromatic carboxylic acids is 1. The molecule has 0 amide bonds. The fraction of sp³-hybridized carbons (Fsp3) is 0.429. The van der Waals surface area contributed by atoms with E-state index in [1.54, 1.807) is 5.38 Å². The van der Waals surface area contributed by atoms with Crippen LogP contribution in [0, 0.1) is 0 Å². The molecular weight excluding hydrogens is 190 g/mol. The van der Waals surface area contributed by atoms with Gasteiger partial charge in [0.1, 0.15) is 0 Å². The zero-order chi connectivity index (χ0) is 9.68. The Kier molecular flexibility index (Phi) is 3.81. The maximum absolute atomic E-state index is 10.5. The number of carboxylic acid groups (broad SMARTS) is 1. The molecule has 72 valence electrons. The Morgan fingerprint density at radius 3 is 3.08 bits per heavy atom. The molecule has 0 saturated heterocycles. The largest absolute Gasteiger partial charge is 0.476 e. The van der Waals surface area contributed by atoms with Crippen LogP contribution in [0.3, 0.4) is 0 Å². The monoisotopic (exact) mass is 201 g/mol. The zero-order valence-corrected chi connectivity index (χ0v) is 7.80. The molecule has 0 atom stereocenters. The van der Waals surface area contributed by atoms with E-state index in [0.29, 0.717) is 19.6 Å². The van der Waals surface area contributed by atoms with Gasteiger partial charge >= 0.3 is 5.97 Å². The molecule has 13 heavy (non-hydrogen) atoms. The maximum Gasteiger partial charge on any atom is 0.365 e. The van der Waals surface area contributed by atoms with Crippen LogP contribution in [-0.4, -0.2) is 29.1 Å². The predicted octanol–water partition coefficient (Wildman–Crippen LogP) is -0.110. The summed E-state index contributed by atoms with van der Waals surface area (Å²) >= 11 is 1.13. The first-order chi connectivity index (χ1) is 6.24. The van der Waals surface area contributed by atoms with Crippen molar-refractivity contribution in [1.29, 1.82) is 0 Å². The van der Waals surface area contributed by atoms with Crippen LogP contribution < -0.4 is 11.1 Å². The van der Waals surface area contributed by atoms with E-state index in [1.165, 1.54) is 0 Å². The normalized spacial score (nSPS) is 10.2. The predicted molar refractivity (Wildman–Crippen MR) is 49.8 cm³/mol. The lowest BCUT2D eigenvalue weighted by Crippen LogP contribution is -2.22. The third-order valence-electron chi connectivity index (χ3n) is 1.36. The molecule has 0 saturated carbocycles. The minimum atomic E-state index is -0.977. The van der Waals surface area contributed by atoms with Crippen LogP contribution in [0.15, 0.2) is 5.38 Å². The molecule has 0 aliphatic carbocycles. The standard InChI is InChI=1S/C7H11N3O2S/c8-1-2-9-3-5-4-13-6(10-5)7(11)12/h4,9H,1-3,8H2,(H,11,12). The van der Waals surface area contributed by atoms with Gasteiger partial charge in [-0.1, -0.05) is 0 Å². The van der Waals surface area contributed by atoms with Gasteiger partial charge in [-0.2, -0.15) is 0 Å². The first kappa shape index (κ1) is 10.1. The summed E-state index contributed by atoms with van der Waals surface area (Å²) in [7, 11) is 0. The average Bonchev–Trinajstić information content (AvgIpc) is 2.53. The van der Waals surface area contributed by atoms with Crippen LogP contribution in [0.4, 0.5) is 0 Å². The summed E-state index contributed by atoms with van der Waals surface area (Å²) in [4.78, 5) is 14.3. The Morgan fingerprint density at radius 1 is 1.77 bits per heavy atom. The molecule has 1 aromatic heterocycles. The molecule has 0 spiro atoms. The highest BCUT2D eigenvalue weighted by Gasteiger charge is 2.07. The fourth-order valence-corrected chi connectivity index (χ4v) is 1.46. The van der Waals surface area contributed by atoms with Gasteiger partial charge in [-0.3, -0.25) is 0 Å². The van der Waals surface area contributed by atoms with Crippen LogP contribution in [0.1, 0.15) is 15.5 Å². The summed E-state index contributed by atoms with van der Waals surface area (Å²) < 4.78 is 0. The minimum absolute atomic E-state index is 0.129. The first-order valence-corrected chi connectivity index (χ1v) is 4.70. The Bertz CT molecular complexity index is 287. The van der Waals surface area contributed by atoms with Crippen molar-refractivity contribution in [2.45, 2.75) is 6.54 Å². The lowest BCUT2D eigenvalue weighted by molar-refractivity contribution is 0.0696. The van der Waals surface area contributed by atoms with Gasteiger partial charge in [0.25, 0.3) is 0 Å². The molecule has 1 rings (SSSR count). The van der Waals surface area contributed by atoms with Gasteiger partial charge in [-0.25, -0.2) is 9.78 Å². The van der Waals surface area contributed by atoms with Crippen LogP contribution in [0.5, 0.6) is 0 Å². The highest BCUT2D eigenvalue weighted by molar-refractivity contribution is 7.11. The molecule has 1 aromatic rings. The fourth-order valence-electron chi connectivity index (χ4n) is 0.805. The number of rotatable bonds is 5. The van der Waals surface area contributed by atoms with Crippen LogP contribution >= 0.6 is 11.3 Å². The lowest BCUT2D eigenvalue weighted by Gasteiger charge is -1.97. The van der Waals surface area contributed by atoms with E-state index < -0.39 is 5.97 Å². The number of hydrogen-bond donors (Lipinski definition) is 3. The average molecular weight is 201 g/mol. The SMILES string of the molecule is NCCNCc1csc(C(=O)O)n1. The Hall–Kier alpha value is -0.980. The van der Waals surface area contributed by atoms with Gasteiger partial charge in [-0.15, -0.1) is 11.3 Å². The minimum Gasteiger partial charge on any atom is -0.476 e. The van der Waals surface area contributed by atoms with Crippen LogP contribution in [0.25, 0.3) is 0 Å². The smallest absolute Gasteiger partial charge is 0.365 e. The van der Waals surface area contributed by atoms with Gasteiger partial charge in [-0.05, 0) is 0 Å². The van der Waals surface area contributed by atoms with Crippen LogP contribution in [-0.2, 0) is 6.54 Å². The van der Waals surface area contributed by atoms with Gasteiger partial charge in [0.05, 0.1) is 5.69 Å². The van der Waals surface area contributed by atoms with E-state index in [0.717, 1.165) is 17.0 Å². The third-order valence-corrected chi connectivity index (χ3v) is 2.24. The van der Waals surface area contributed by atoms with Crippen molar-refractivity contribution in [1.82, 2.24) is 10.3 Å². The van der Waals surface area contributed by atoms with E-state index in [2.05, 4.69) is 10.3 Å². The second kappa shape index (κ2) is 4.90. The molecule has 0 unspecified atom stereocenters. The zero-order valence-electron chi connectivity index (χ0n) is 6.99. The molecule has 0 fully saturated rings. The highest BCUT2D eigenvalue weighted by atomic mass is 32.1. The lowest BCUT2D eigenvalue weighted by atomic mass is 10.4. The summed E-state index contributed by atoms with van der Waals surface area (Å²) in [5.41, 5.74) is 6.02. The number of thiazole rings is 1. The maximum atomic E-state index is 10.5. The van der Waals surface area contributed by atoms with E-state index in [1.807, 2.05) is 0 Å². The number of nitrogens with zero attached hydrogens (tertiary/aromatic N) is 1. The van der Waals surface area contributed by atoms with Crippen molar-refractivity contribution in [2.24, 2.45) is 5.73 Å². The summed E-state index contributed by atoms with van der Waals surface area (Å²) in [5, 5.41) is 13.5. The number of hydrogen-bond acceptors (Lipinski definition) is 5. The van der Waals surface area contributed by atoms with Crippen molar-refractivity contribution in [2.75, 3.05) is 13.1 Å². The first-order valence-electron chi connectivity index (χ1n) is 3.82. The molecule has 0 bridgehead atoms. The molecule has 6 heteroatoms. The van der Waals surface area contributed by atoms with Gasteiger partial charge in [0.15, 0.2) is 0 Å². The Labute approximate surface area is 79.6 Å². The molecule has 1 heterocycles. The van der Waals surface area contributed by atoms with E-state index in [-0.39, 0.29) is 5.01 Å². The van der Waals surface area contributed by atoms with Crippen molar-refractivity contribution in [3.05, 3.63) is 16.1 Å². The number of nitrogens with two attached hydrogens (primary N) is 1. The quantitative estimate of drug-likeness (QED) is 0.578. The van der Waals surface area contributed by atoms with E-state index in [4.69, 9.17) is 10.8 Å². The van der Waals surface area contributed by atoms with Gasteiger partial charge in [0, 0.05) is 25.0 Å². The number of aromatic nitrogens is 1. The van der Waals surface area contributed by atoms with E-state index >= 15 is 0 Å². The van der Waals surface area contributed by atoms with Crippen molar-refractivity contribution >= 4 is 17.3 Å². The summed E-state index contributed by atoms with van der Waals surface area (Å²) in [6.45, 7) is 1.84. The topological polar surface area (TPSA) is 88.2 Å². The van der Waals surface area contributed by atoms with E-state index in [9.17, 15) is 4.79 Å². The molecule has 5 nitrogen and oxygen atoms in total. The van der Waals surface area contributed by atoms with Crippen molar-refractivity contribution in [3.8, 4) is 0 Å². The summed E-state index contributed by atoms with van der Waals surface area (Å²) in [6, 6.07) is 0. The van der Waals surface area contributed by atoms with Crippen molar-refractivity contribution < 1.29 is 9.90 Å². The summed E-state index contributed by atoms with van der Waals surface area (Å²) in [6.07, 6.45) is 0. The Balaban J connectivity index is 2.44. The molecule has 0 aliphatic heterocycles. The summed E-state index contributed by atoms with van der Waals surface area (Å²) in [5.74, 6) is -0.977. The van der Waals surface area contributed by atoms with Crippen molar-refractivity contribution in [3.63, 3.8) is 0 Å². The number of carbonyl (C=O) groups is 1. The highest BCUT2D eigenvalue weighted by Crippen LogP contribution is 2.08. The number of carboxylic acids is 1. The second-order valence-electron chi connectivity index (χ2n) is 2.41. The Morgan fingerprint density at radius 2 is 2.54 bits per heavy atom. The van der Waals surface area contributed by atoms with Crippen LogP contribution in [0.2, 0.25) is 0 Å². The molecular formula is C7H11N3O2S. The molecule has 4 N–H and O–H groups in total. The molecule has 0 aliphatic rings. The molecule has 0 aromatic carbocycles. The number of nitrogens with one attached hydrogen (secondary N) is 1. The van der Waals surface area contributed by atoms with Gasteiger partial charge in [0.2, 0.25) is 5.01 Å². The molecule has 0 radical (unpaired) electrons.